The Morgan fingerprint density at radius 3 is 2.37 bits per heavy atom. The number of halogens is 2. The van der Waals surface area contributed by atoms with E-state index in [0.29, 0.717) is 6.54 Å². The number of nitrogens with zero attached hydrogens (tertiary/aromatic N) is 2. The Morgan fingerprint density at radius 2 is 1.79 bits per heavy atom. The fraction of sp³-hybridized carbons (Fsp3) is 0.462. The first-order valence-electron chi connectivity index (χ1n) is 6.22. The molecule has 19 heavy (non-hydrogen) atoms. The van der Waals surface area contributed by atoms with E-state index >= 15 is 0 Å². The van der Waals surface area contributed by atoms with Crippen LogP contribution in [0.2, 0.25) is 0 Å². The van der Waals surface area contributed by atoms with E-state index in [-0.39, 0.29) is 5.91 Å². The van der Waals surface area contributed by atoms with Gasteiger partial charge in [-0.25, -0.2) is 0 Å². The molecule has 1 aromatic rings. The highest BCUT2D eigenvalue weighted by Gasteiger charge is 2.18. The monoisotopic (exact) mass is 389 g/mol. The number of amides is 1. The minimum atomic E-state index is 0.149. The van der Waals surface area contributed by atoms with E-state index in [1.165, 1.54) is 0 Å². The van der Waals surface area contributed by atoms with Gasteiger partial charge < -0.3 is 15.1 Å². The van der Waals surface area contributed by atoms with Crippen molar-refractivity contribution in [3.05, 3.63) is 27.1 Å². The molecule has 0 aromatic heterocycles. The number of rotatable bonds is 3. The van der Waals surface area contributed by atoms with Crippen LogP contribution in [-0.4, -0.2) is 55.5 Å². The summed E-state index contributed by atoms with van der Waals surface area (Å²) < 4.78 is 1.90. The minimum Gasteiger partial charge on any atom is -0.374 e. The number of benzene rings is 1. The molecule has 0 atom stereocenters. The smallest absolute Gasteiger partial charge is 0.241 e. The molecule has 1 saturated heterocycles. The van der Waals surface area contributed by atoms with Crippen molar-refractivity contribution in [3.8, 4) is 0 Å². The lowest BCUT2D eigenvalue weighted by Gasteiger charge is -2.32. The maximum Gasteiger partial charge on any atom is 0.241 e. The van der Waals surface area contributed by atoms with Gasteiger partial charge in [0, 0.05) is 35.1 Å². The molecule has 0 saturated carbocycles. The Bertz CT molecular complexity index is 439. The Morgan fingerprint density at radius 1 is 1.21 bits per heavy atom. The van der Waals surface area contributed by atoms with Gasteiger partial charge in [0.1, 0.15) is 0 Å². The van der Waals surface area contributed by atoms with Crippen molar-refractivity contribution in [3.63, 3.8) is 0 Å². The van der Waals surface area contributed by atoms with Gasteiger partial charge in [-0.1, -0.05) is 6.07 Å². The Kier molecular flexibility index (Phi) is 5.24. The molecule has 0 bridgehead atoms. The van der Waals surface area contributed by atoms with Crippen molar-refractivity contribution >= 4 is 43.5 Å². The zero-order chi connectivity index (χ0) is 13.8. The Hall–Kier alpha value is -0.590. The van der Waals surface area contributed by atoms with Gasteiger partial charge in [0.25, 0.3) is 0 Å². The summed E-state index contributed by atoms with van der Waals surface area (Å²) in [5.74, 6) is 0.149. The molecule has 4 nitrogen and oxygen atoms in total. The van der Waals surface area contributed by atoms with Crippen molar-refractivity contribution in [1.29, 1.82) is 0 Å². The summed E-state index contributed by atoms with van der Waals surface area (Å²) in [6, 6.07) is 5.85. The number of para-hydroxylation sites is 1. The molecule has 1 N–H and O–H groups in total. The third kappa shape index (κ3) is 3.94. The standard InChI is InChI=1S/C13H17Br2N3O/c1-17-5-7-18(8-6-17)12(19)9-16-13-10(14)3-2-4-11(13)15/h2-4,16H,5-9H2,1H3. The molecule has 6 heteroatoms. The molecule has 1 aliphatic heterocycles. The maximum absolute atomic E-state index is 12.1. The second kappa shape index (κ2) is 6.72. The van der Waals surface area contributed by atoms with Crippen LogP contribution in [0.15, 0.2) is 27.1 Å². The maximum atomic E-state index is 12.1. The number of piperazine rings is 1. The van der Waals surface area contributed by atoms with Crippen LogP contribution in [0.4, 0.5) is 5.69 Å². The van der Waals surface area contributed by atoms with Gasteiger partial charge in [0.2, 0.25) is 5.91 Å². The molecule has 2 rings (SSSR count). The van der Waals surface area contributed by atoms with Crippen LogP contribution in [-0.2, 0) is 4.79 Å². The van der Waals surface area contributed by atoms with Crippen molar-refractivity contribution in [2.24, 2.45) is 0 Å². The first-order valence-corrected chi connectivity index (χ1v) is 7.80. The highest BCUT2D eigenvalue weighted by Crippen LogP contribution is 2.30. The third-order valence-electron chi connectivity index (χ3n) is 3.24. The highest BCUT2D eigenvalue weighted by molar-refractivity contribution is 9.11. The molecular weight excluding hydrogens is 374 g/mol. The van der Waals surface area contributed by atoms with Crippen LogP contribution >= 0.6 is 31.9 Å². The molecule has 0 unspecified atom stereocenters. The predicted octanol–water partition coefficient (Wildman–Crippen LogP) is 2.40. The lowest BCUT2D eigenvalue weighted by molar-refractivity contribution is -0.130. The van der Waals surface area contributed by atoms with Crippen molar-refractivity contribution in [2.75, 3.05) is 45.1 Å². The van der Waals surface area contributed by atoms with Crippen LogP contribution in [0.25, 0.3) is 0 Å². The van der Waals surface area contributed by atoms with Crippen molar-refractivity contribution in [2.45, 2.75) is 0 Å². The van der Waals surface area contributed by atoms with E-state index in [1.807, 2.05) is 23.1 Å². The number of hydrogen-bond acceptors (Lipinski definition) is 3. The first kappa shape index (κ1) is 14.8. The fourth-order valence-electron chi connectivity index (χ4n) is 2.00. The Balaban J connectivity index is 1.90. The summed E-state index contributed by atoms with van der Waals surface area (Å²) in [4.78, 5) is 16.3. The van der Waals surface area contributed by atoms with E-state index < -0.39 is 0 Å². The van der Waals surface area contributed by atoms with Crippen LogP contribution in [0, 0.1) is 0 Å². The van der Waals surface area contributed by atoms with E-state index in [0.717, 1.165) is 40.8 Å². The van der Waals surface area contributed by atoms with Crippen LogP contribution in [0.3, 0.4) is 0 Å². The van der Waals surface area contributed by atoms with Gasteiger partial charge in [-0.15, -0.1) is 0 Å². The first-order chi connectivity index (χ1) is 9.08. The van der Waals surface area contributed by atoms with Crippen molar-refractivity contribution < 1.29 is 4.79 Å². The van der Waals surface area contributed by atoms with Crippen LogP contribution in [0.5, 0.6) is 0 Å². The highest BCUT2D eigenvalue weighted by atomic mass is 79.9. The summed E-state index contributed by atoms with van der Waals surface area (Å²) in [6.45, 7) is 3.85. The van der Waals surface area contributed by atoms with E-state index in [1.54, 1.807) is 0 Å². The SMILES string of the molecule is CN1CCN(C(=O)CNc2c(Br)cccc2Br)CC1. The lowest BCUT2D eigenvalue weighted by Crippen LogP contribution is -2.48. The molecule has 1 aromatic carbocycles. The second-order valence-corrected chi connectivity index (χ2v) is 6.34. The molecule has 1 heterocycles. The number of hydrogen-bond donors (Lipinski definition) is 1. The molecule has 1 aliphatic rings. The zero-order valence-electron chi connectivity index (χ0n) is 10.8. The molecule has 1 fully saturated rings. The number of carbonyl (C=O) groups excluding carboxylic acids is 1. The van der Waals surface area contributed by atoms with E-state index in [9.17, 15) is 4.79 Å². The molecule has 0 aliphatic carbocycles. The van der Waals surface area contributed by atoms with Gasteiger partial charge in [0.05, 0.1) is 12.2 Å². The van der Waals surface area contributed by atoms with Gasteiger partial charge >= 0.3 is 0 Å². The Labute approximate surface area is 130 Å². The normalized spacial score (nSPS) is 16.5. The van der Waals surface area contributed by atoms with Gasteiger partial charge in [0.15, 0.2) is 0 Å². The molecule has 0 radical (unpaired) electrons. The number of anilines is 1. The van der Waals surface area contributed by atoms with Gasteiger partial charge in [-0.05, 0) is 51.0 Å². The largest absolute Gasteiger partial charge is 0.374 e. The average Bonchev–Trinajstić information content (AvgIpc) is 2.38. The van der Waals surface area contributed by atoms with Gasteiger partial charge in [-0.2, -0.15) is 0 Å². The molecule has 0 spiro atoms. The van der Waals surface area contributed by atoms with Crippen LogP contribution < -0.4 is 5.32 Å². The minimum absolute atomic E-state index is 0.149. The topological polar surface area (TPSA) is 35.6 Å². The molecule has 104 valence electrons. The second-order valence-electron chi connectivity index (χ2n) is 4.63. The number of likely N-dealkylation sites (N-methyl/N-ethyl adjacent to an activating group) is 1. The fourth-order valence-corrected chi connectivity index (χ4v) is 3.28. The zero-order valence-corrected chi connectivity index (χ0v) is 14.0. The summed E-state index contributed by atoms with van der Waals surface area (Å²) in [5.41, 5.74) is 0.921. The molecular formula is C13H17Br2N3O. The van der Waals surface area contributed by atoms with Crippen molar-refractivity contribution in [1.82, 2.24) is 9.80 Å². The van der Waals surface area contributed by atoms with E-state index in [4.69, 9.17) is 0 Å². The lowest BCUT2D eigenvalue weighted by atomic mass is 10.3. The average molecular weight is 391 g/mol. The number of nitrogens with one attached hydrogen (secondary N) is 1. The summed E-state index contributed by atoms with van der Waals surface area (Å²) in [7, 11) is 2.08. The van der Waals surface area contributed by atoms with Crippen LogP contribution in [0.1, 0.15) is 0 Å². The summed E-state index contributed by atoms with van der Waals surface area (Å²) in [5, 5.41) is 3.19. The summed E-state index contributed by atoms with van der Waals surface area (Å²) in [6.07, 6.45) is 0. The summed E-state index contributed by atoms with van der Waals surface area (Å²) >= 11 is 6.95. The third-order valence-corrected chi connectivity index (χ3v) is 4.56. The van der Waals surface area contributed by atoms with Gasteiger partial charge in [-0.3, -0.25) is 4.79 Å². The number of carbonyl (C=O) groups is 1. The predicted molar refractivity (Wildman–Crippen MR) is 84.4 cm³/mol. The molecule has 1 amide bonds. The van der Waals surface area contributed by atoms with E-state index in [2.05, 4.69) is 49.1 Å². The quantitative estimate of drug-likeness (QED) is 0.860.